The number of hydrogen-bond acceptors (Lipinski definition) is 2. The molecule has 1 rings (SSSR count). The van der Waals surface area contributed by atoms with Crippen molar-refractivity contribution in [3.8, 4) is 0 Å². The Morgan fingerprint density at radius 3 is 2.40 bits per heavy atom. The van der Waals surface area contributed by atoms with Crippen LogP contribution in [-0.4, -0.2) is 19.2 Å². The quantitative estimate of drug-likeness (QED) is 0.868. The Kier molecular flexibility index (Phi) is 4.14. The van der Waals surface area contributed by atoms with Crippen LogP contribution in [0.2, 0.25) is 13.1 Å². The van der Waals surface area contributed by atoms with Gasteiger partial charge >= 0.3 is 0 Å². The lowest BCUT2D eigenvalue weighted by Crippen LogP contribution is -2.26. The van der Waals surface area contributed by atoms with Gasteiger partial charge in [-0.2, -0.15) is 5.10 Å². The van der Waals surface area contributed by atoms with E-state index in [0.29, 0.717) is 0 Å². The van der Waals surface area contributed by atoms with Crippen molar-refractivity contribution >= 4 is 25.0 Å². The van der Waals surface area contributed by atoms with Crippen molar-refractivity contribution in [3.63, 3.8) is 0 Å². The average molecular weight is 291 g/mol. The lowest BCUT2D eigenvalue weighted by Gasteiger charge is -2.32. The van der Waals surface area contributed by atoms with Gasteiger partial charge in [-0.05, 0) is 34.4 Å². The normalized spacial score (nSPS) is 14.6. The summed E-state index contributed by atoms with van der Waals surface area (Å²) in [6.45, 7) is 10.9. The second kappa shape index (κ2) is 4.80. The molecule has 1 aromatic heterocycles. The average Bonchev–Trinajstić information content (AvgIpc) is 2.45. The third-order valence-corrected chi connectivity index (χ3v) is 3.53. The zero-order valence-electron chi connectivity index (χ0n) is 9.97. The number of H-pyrrole nitrogens is 1. The summed E-state index contributed by atoms with van der Waals surface area (Å²) in [4.78, 5) is 0. The summed E-state index contributed by atoms with van der Waals surface area (Å²) in [6.07, 6.45) is 1.86. The molecule has 1 N–H and O–H groups in total. The van der Waals surface area contributed by atoms with Crippen LogP contribution < -0.4 is 0 Å². The van der Waals surface area contributed by atoms with E-state index in [0.717, 1.165) is 10.2 Å². The number of nitrogens with one attached hydrogen (secondary N) is 1. The topological polar surface area (TPSA) is 37.9 Å². The molecule has 0 bridgehead atoms. The van der Waals surface area contributed by atoms with Gasteiger partial charge in [-0.25, -0.2) is 0 Å². The second-order valence-electron chi connectivity index (χ2n) is 5.06. The third kappa shape index (κ3) is 3.43. The van der Waals surface area contributed by atoms with Crippen molar-refractivity contribution in [2.24, 2.45) is 5.41 Å². The smallest absolute Gasteiger partial charge is 0.171 e. The summed E-state index contributed by atoms with van der Waals surface area (Å²) in [7, 11) is -1.06. The van der Waals surface area contributed by atoms with Crippen LogP contribution in [-0.2, 0) is 4.43 Å². The van der Waals surface area contributed by atoms with Crippen molar-refractivity contribution in [2.75, 3.05) is 0 Å². The van der Waals surface area contributed by atoms with Crippen LogP contribution in [0, 0.1) is 5.41 Å². The maximum Gasteiger partial charge on any atom is 0.171 e. The number of aromatic amines is 1. The molecule has 3 nitrogen and oxygen atoms in total. The minimum Gasteiger partial charge on any atom is -0.412 e. The molecule has 15 heavy (non-hydrogen) atoms. The largest absolute Gasteiger partial charge is 0.412 e. The molecule has 86 valence electrons. The first-order valence-electron chi connectivity index (χ1n) is 5.16. The van der Waals surface area contributed by atoms with Gasteiger partial charge in [0.15, 0.2) is 9.04 Å². The minimum absolute atomic E-state index is 0.0757. The number of rotatable bonds is 3. The van der Waals surface area contributed by atoms with Crippen molar-refractivity contribution in [1.82, 2.24) is 10.2 Å². The monoisotopic (exact) mass is 290 g/mol. The lowest BCUT2D eigenvalue weighted by molar-refractivity contribution is 0.0820. The van der Waals surface area contributed by atoms with Crippen LogP contribution in [0.1, 0.15) is 32.6 Å². The molecule has 0 aromatic carbocycles. The van der Waals surface area contributed by atoms with Crippen molar-refractivity contribution < 1.29 is 4.43 Å². The molecule has 0 saturated heterocycles. The van der Waals surface area contributed by atoms with Crippen LogP contribution in [0.3, 0.4) is 0 Å². The standard InChI is InChI=1S/C10H19BrN2OSi/c1-10(2,3)9(14-15(4)5)8-7(11)6-12-13-8/h6,9,15H,1-5H3,(H,12,13). The molecule has 1 heterocycles. The minimum atomic E-state index is -1.06. The van der Waals surface area contributed by atoms with Crippen molar-refractivity contribution in [3.05, 3.63) is 16.4 Å². The molecule has 0 aliphatic heterocycles. The van der Waals surface area contributed by atoms with Crippen LogP contribution in [0.25, 0.3) is 0 Å². The highest BCUT2D eigenvalue weighted by Crippen LogP contribution is 2.38. The Bertz CT molecular complexity index is 319. The fourth-order valence-electron chi connectivity index (χ4n) is 1.44. The van der Waals surface area contributed by atoms with Gasteiger partial charge in [0.1, 0.15) is 0 Å². The molecule has 5 heteroatoms. The summed E-state index contributed by atoms with van der Waals surface area (Å²) in [5.74, 6) is 0. The molecule has 0 radical (unpaired) electrons. The molecule has 0 spiro atoms. The van der Waals surface area contributed by atoms with E-state index in [1.165, 1.54) is 0 Å². The van der Waals surface area contributed by atoms with Crippen molar-refractivity contribution in [1.29, 1.82) is 0 Å². The summed E-state index contributed by atoms with van der Waals surface area (Å²) >= 11 is 3.49. The highest BCUT2D eigenvalue weighted by Gasteiger charge is 2.30. The van der Waals surface area contributed by atoms with Gasteiger partial charge < -0.3 is 4.43 Å². The Morgan fingerprint density at radius 1 is 1.47 bits per heavy atom. The van der Waals surface area contributed by atoms with E-state index in [1.807, 2.05) is 0 Å². The van der Waals surface area contributed by atoms with Gasteiger partial charge in [0, 0.05) is 0 Å². The zero-order valence-corrected chi connectivity index (χ0v) is 12.7. The van der Waals surface area contributed by atoms with Gasteiger partial charge in [-0.1, -0.05) is 20.8 Å². The summed E-state index contributed by atoms with van der Waals surface area (Å²) in [5, 5.41) is 7.04. The highest BCUT2D eigenvalue weighted by molar-refractivity contribution is 9.10. The molecule has 1 aromatic rings. The molecule has 1 atom stereocenters. The van der Waals surface area contributed by atoms with E-state index in [-0.39, 0.29) is 11.5 Å². The number of aromatic nitrogens is 2. The van der Waals surface area contributed by atoms with E-state index in [1.54, 1.807) is 6.20 Å². The Labute approximate surface area is 101 Å². The van der Waals surface area contributed by atoms with E-state index >= 15 is 0 Å². The predicted molar refractivity (Wildman–Crippen MR) is 68.4 cm³/mol. The number of hydrogen-bond donors (Lipinski definition) is 1. The molecule has 0 amide bonds. The van der Waals surface area contributed by atoms with Gasteiger partial charge in [0.25, 0.3) is 0 Å². The number of halogens is 1. The SMILES string of the molecule is C[SiH](C)OC(c1[nH]ncc1Br)C(C)(C)C. The van der Waals surface area contributed by atoms with E-state index in [4.69, 9.17) is 4.43 Å². The number of nitrogens with zero attached hydrogens (tertiary/aromatic N) is 1. The van der Waals surface area contributed by atoms with Gasteiger partial charge in [0.05, 0.1) is 22.5 Å². The first-order valence-corrected chi connectivity index (χ1v) is 8.74. The van der Waals surface area contributed by atoms with Crippen LogP contribution in [0.4, 0.5) is 0 Å². The first-order chi connectivity index (χ1) is 6.82. The zero-order chi connectivity index (χ0) is 11.6. The van der Waals surface area contributed by atoms with Crippen molar-refractivity contribution in [2.45, 2.75) is 40.0 Å². The maximum absolute atomic E-state index is 6.08. The lowest BCUT2D eigenvalue weighted by atomic mass is 9.87. The molecule has 0 aliphatic carbocycles. The van der Waals surface area contributed by atoms with Gasteiger partial charge in [-0.3, -0.25) is 5.10 Å². The van der Waals surface area contributed by atoms with Crippen LogP contribution in [0.5, 0.6) is 0 Å². The molecule has 1 unspecified atom stereocenters. The second-order valence-corrected chi connectivity index (χ2v) is 8.29. The Morgan fingerprint density at radius 2 is 2.07 bits per heavy atom. The molecular weight excluding hydrogens is 272 g/mol. The van der Waals surface area contributed by atoms with Crippen LogP contribution in [0.15, 0.2) is 10.7 Å². The maximum atomic E-state index is 6.08. The predicted octanol–water partition coefficient (Wildman–Crippen LogP) is 3.26. The summed E-state index contributed by atoms with van der Waals surface area (Å²) in [5.41, 5.74) is 1.12. The molecule has 0 fully saturated rings. The Balaban J connectivity index is 2.97. The highest BCUT2D eigenvalue weighted by atomic mass is 79.9. The molecule has 0 aliphatic rings. The summed E-state index contributed by atoms with van der Waals surface area (Å²) < 4.78 is 7.07. The fourth-order valence-corrected chi connectivity index (χ4v) is 2.93. The van der Waals surface area contributed by atoms with E-state index in [2.05, 4.69) is 60.0 Å². The third-order valence-electron chi connectivity index (χ3n) is 2.08. The van der Waals surface area contributed by atoms with Crippen LogP contribution >= 0.6 is 15.9 Å². The van der Waals surface area contributed by atoms with Gasteiger partial charge in [0.2, 0.25) is 0 Å². The first kappa shape index (κ1) is 12.9. The summed E-state index contributed by atoms with van der Waals surface area (Å²) in [6, 6.07) is 0. The molecular formula is C10H19BrN2OSi. The van der Waals surface area contributed by atoms with Gasteiger partial charge in [-0.15, -0.1) is 0 Å². The van der Waals surface area contributed by atoms with E-state index < -0.39 is 9.04 Å². The van der Waals surface area contributed by atoms with E-state index in [9.17, 15) is 0 Å². The fraction of sp³-hybridized carbons (Fsp3) is 0.700. The Hall–Kier alpha value is -0.133. The molecule has 0 saturated carbocycles.